The molecule has 102 valence electrons. The highest BCUT2D eigenvalue weighted by atomic mass is 16.5. The Morgan fingerprint density at radius 2 is 2.26 bits per heavy atom. The quantitative estimate of drug-likeness (QED) is 0.783. The van der Waals surface area contributed by atoms with Gasteiger partial charge in [-0.1, -0.05) is 0 Å². The zero-order valence-corrected chi connectivity index (χ0v) is 11.0. The number of ether oxygens (including phenoxy) is 1. The van der Waals surface area contributed by atoms with Crippen molar-refractivity contribution in [3.8, 4) is 5.75 Å². The molecular formula is C15H19NO3. The molecule has 1 aliphatic heterocycles. The van der Waals surface area contributed by atoms with Gasteiger partial charge in [-0.05, 0) is 36.6 Å². The first kappa shape index (κ1) is 12.6. The molecule has 0 radical (unpaired) electrons. The summed E-state index contributed by atoms with van der Waals surface area (Å²) in [6, 6.07) is 6.18. The molecule has 0 amide bonds. The van der Waals surface area contributed by atoms with E-state index in [2.05, 4.69) is 4.90 Å². The minimum atomic E-state index is 0.113. The first-order valence-electron chi connectivity index (χ1n) is 6.92. The molecule has 1 heterocycles. The summed E-state index contributed by atoms with van der Waals surface area (Å²) in [5.74, 6) is 1.04. The predicted octanol–water partition coefficient (Wildman–Crippen LogP) is 1.26. The smallest absolute Gasteiger partial charge is 0.176 e. The lowest BCUT2D eigenvalue weighted by Crippen LogP contribution is -2.34. The van der Waals surface area contributed by atoms with E-state index in [1.807, 2.05) is 18.2 Å². The van der Waals surface area contributed by atoms with Crippen LogP contribution in [0.5, 0.6) is 5.75 Å². The van der Waals surface area contributed by atoms with E-state index in [4.69, 9.17) is 9.84 Å². The van der Waals surface area contributed by atoms with Gasteiger partial charge in [0.05, 0.1) is 19.8 Å². The Morgan fingerprint density at radius 1 is 1.42 bits per heavy atom. The molecule has 0 aromatic heterocycles. The second-order valence-electron chi connectivity index (χ2n) is 5.27. The second kappa shape index (κ2) is 5.31. The number of hydrogen-bond donors (Lipinski definition) is 1. The lowest BCUT2D eigenvalue weighted by atomic mass is 10.1. The van der Waals surface area contributed by atoms with E-state index < -0.39 is 0 Å². The molecule has 4 heteroatoms. The van der Waals surface area contributed by atoms with Crippen LogP contribution in [0.4, 0.5) is 0 Å². The van der Waals surface area contributed by atoms with Crippen LogP contribution in [-0.2, 0) is 6.42 Å². The van der Waals surface area contributed by atoms with Gasteiger partial charge in [0.2, 0.25) is 0 Å². The Bertz CT molecular complexity index is 482. The van der Waals surface area contributed by atoms with Crippen molar-refractivity contribution in [1.82, 2.24) is 4.90 Å². The molecule has 1 N–H and O–H groups in total. The predicted molar refractivity (Wildman–Crippen MR) is 71.7 cm³/mol. The summed E-state index contributed by atoms with van der Waals surface area (Å²) in [6.07, 6.45) is 3.18. The minimum Gasteiger partial charge on any atom is -0.493 e. The standard InChI is InChI=1S/C15H19NO3/c17-7-6-16(13-2-3-13)10-14(18)11-1-4-15-12(9-11)5-8-19-15/h1,4,9,13,17H,2-3,5-8,10H2. The van der Waals surface area contributed by atoms with Crippen molar-refractivity contribution in [3.63, 3.8) is 0 Å². The van der Waals surface area contributed by atoms with Gasteiger partial charge in [0.25, 0.3) is 0 Å². The van der Waals surface area contributed by atoms with Gasteiger partial charge in [0.15, 0.2) is 5.78 Å². The van der Waals surface area contributed by atoms with Crippen molar-refractivity contribution in [2.24, 2.45) is 0 Å². The zero-order chi connectivity index (χ0) is 13.2. The van der Waals surface area contributed by atoms with Crippen LogP contribution in [-0.4, -0.2) is 48.1 Å². The zero-order valence-electron chi connectivity index (χ0n) is 11.0. The lowest BCUT2D eigenvalue weighted by molar-refractivity contribution is 0.0907. The highest BCUT2D eigenvalue weighted by molar-refractivity contribution is 5.98. The number of aliphatic hydroxyl groups is 1. The maximum absolute atomic E-state index is 12.3. The third-order valence-electron chi connectivity index (χ3n) is 3.81. The van der Waals surface area contributed by atoms with E-state index in [0.717, 1.165) is 36.1 Å². The first-order valence-corrected chi connectivity index (χ1v) is 6.92. The minimum absolute atomic E-state index is 0.113. The van der Waals surface area contributed by atoms with Crippen molar-refractivity contribution in [2.45, 2.75) is 25.3 Å². The Labute approximate surface area is 113 Å². The van der Waals surface area contributed by atoms with Gasteiger partial charge < -0.3 is 9.84 Å². The molecule has 0 unspecified atom stereocenters. The van der Waals surface area contributed by atoms with Crippen molar-refractivity contribution < 1.29 is 14.6 Å². The van der Waals surface area contributed by atoms with Gasteiger partial charge in [0, 0.05) is 24.6 Å². The summed E-state index contributed by atoms with van der Waals surface area (Å²) in [5, 5.41) is 9.05. The molecule has 3 rings (SSSR count). The number of carbonyl (C=O) groups is 1. The van der Waals surface area contributed by atoms with Gasteiger partial charge in [-0.15, -0.1) is 0 Å². The van der Waals surface area contributed by atoms with Crippen LogP contribution in [0, 0.1) is 0 Å². The normalized spacial score (nSPS) is 17.4. The highest BCUT2D eigenvalue weighted by Gasteiger charge is 2.30. The summed E-state index contributed by atoms with van der Waals surface area (Å²) < 4.78 is 5.45. The Balaban J connectivity index is 1.69. The highest BCUT2D eigenvalue weighted by Crippen LogP contribution is 2.28. The Kier molecular flexibility index (Phi) is 3.53. The summed E-state index contributed by atoms with van der Waals surface area (Å²) in [6.45, 7) is 1.82. The second-order valence-corrected chi connectivity index (χ2v) is 5.27. The average Bonchev–Trinajstić information content (AvgIpc) is 3.15. The van der Waals surface area contributed by atoms with E-state index >= 15 is 0 Å². The Hall–Kier alpha value is -1.39. The number of benzene rings is 1. The molecule has 0 spiro atoms. The SMILES string of the molecule is O=C(CN(CCO)C1CC1)c1ccc2c(c1)CCO2. The molecular weight excluding hydrogens is 242 g/mol. The van der Waals surface area contributed by atoms with E-state index in [0.29, 0.717) is 25.7 Å². The van der Waals surface area contributed by atoms with Crippen molar-refractivity contribution >= 4 is 5.78 Å². The van der Waals surface area contributed by atoms with Gasteiger partial charge >= 0.3 is 0 Å². The maximum Gasteiger partial charge on any atom is 0.176 e. The number of Topliss-reactive ketones (excluding diaryl/α,β-unsaturated/α-hetero) is 1. The average molecular weight is 261 g/mol. The molecule has 2 aliphatic rings. The van der Waals surface area contributed by atoms with Gasteiger partial charge in [0.1, 0.15) is 5.75 Å². The van der Waals surface area contributed by atoms with Crippen LogP contribution in [0.3, 0.4) is 0 Å². The van der Waals surface area contributed by atoms with Gasteiger partial charge in [-0.2, -0.15) is 0 Å². The van der Waals surface area contributed by atoms with Crippen LogP contribution < -0.4 is 4.74 Å². The summed E-state index contributed by atoms with van der Waals surface area (Å²) in [7, 11) is 0. The fourth-order valence-electron chi connectivity index (χ4n) is 2.59. The summed E-state index contributed by atoms with van der Waals surface area (Å²) in [4.78, 5) is 14.4. The van der Waals surface area contributed by atoms with Gasteiger partial charge in [-0.3, -0.25) is 9.69 Å². The molecule has 0 bridgehead atoms. The molecule has 0 atom stereocenters. The number of rotatable bonds is 6. The summed E-state index contributed by atoms with van der Waals surface area (Å²) >= 11 is 0. The van der Waals surface area contributed by atoms with E-state index in [-0.39, 0.29) is 12.4 Å². The maximum atomic E-state index is 12.3. The van der Waals surface area contributed by atoms with E-state index in [1.165, 1.54) is 0 Å². The van der Waals surface area contributed by atoms with Crippen molar-refractivity contribution in [2.75, 3.05) is 26.3 Å². The monoisotopic (exact) mass is 261 g/mol. The van der Waals surface area contributed by atoms with Crippen LogP contribution in [0.1, 0.15) is 28.8 Å². The number of aliphatic hydroxyl groups excluding tert-OH is 1. The molecule has 1 saturated carbocycles. The number of carbonyl (C=O) groups excluding carboxylic acids is 1. The van der Waals surface area contributed by atoms with Crippen molar-refractivity contribution in [1.29, 1.82) is 0 Å². The Morgan fingerprint density at radius 3 is 3.00 bits per heavy atom. The molecule has 1 fully saturated rings. The van der Waals surface area contributed by atoms with Crippen LogP contribution in [0.2, 0.25) is 0 Å². The molecule has 0 saturated heterocycles. The van der Waals surface area contributed by atoms with Crippen molar-refractivity contribution in [3.05, 3.63) is 29.3 Å². The van der Waals surface area contributed by atoms with E-state index in [9.17, 15) is 4.79 Å². The van der Waals surface area contributed by atoms with Crippen LogP contribution in [0.25, 0.3) is 0 Å². The fraction of sp³-hybridized carbons (Fsp3) is 0.533. The third kappa shape index (κ3) is 2.80. The molecule has 1 aromatic carbocycles. The number of hydrogen-bond acceptors (Lipinski definition) is 4. The number of nitrogens with zero attached hydrogens (tertiary/aromatic N) is 1. The number of fused-ring (bicyclic) bond motifs is 1. The molecule has 1 aromatic rings. The molecule has 4 nitrogen and oxygen atoms in total. The molecule has 19 heavy (non-hydrogen) atoms. The first-order chi connectivity index (χ1) is 9.28. The molecule has 1 aliphatic carbocycles. The lowest BCUT2D eigenvalue weighted by Gasteiger charge is -2.19. The summed E-state index contributed by atoms with van der Waals surface area (Å²) in [5.41, 5.74) is 1.89. The largest absolute Gasteiger partial charge is 0.493 e. The fourth-order valence-corrected chi connectivity index (χ4v) is 2.59. The van der Waals surface area contributed by atoms with E-state index in [1.54, 1.807) is 0 Å². The van der Waals surface area contributed by atoms with Crippen LogP contribution >= 0.6 is 0 Å². The topological polar surface area (TPSA) is 49.8 Å². The van der Waals surface area contributed by atoms with Crippen LogP contribution in [0.15, 0.2) is 18.2 Å². The number of ketones is 1. The van der Waals surface area contributed by atoms with Gasteiger partial charge in [-0.25, -0.2) is 0 Å². The third-order valence-corrected chi connectivity index (χ3v) is 3.81.